The fourth-order valence-electron chi connectivity index (χ4n) is 5.30. The van der Waals surface area contributed by atoms with Gasteiger partial charge < -0.3 is 19.3 Å². The highest BCUT2D eigenvalue weighted by Crippen LogP contribution is 2.37. The molecule has 2 aliphatic heterocycles. The number of ether oxygens (including phenoxy) is 2. The maximum atomic E-state index is 13.2. The zero-order chi connectivity index (χ0) is 25.8. The Kier molecular flexibility index (Phi) is 7.76. The van der Waals surface area contributed by atoms with E-state index in [0.717, 1.165) is 19.5 Å². The summed E-state index contributed by atoms with van der Waals surface area (Å²) in [6.07, 6.45) is 1.50. The van der Waals surface area contributed by atoms with Gasteiger partial charge in [-0.3, -0.25) is 14.5 Å². The van der Waals surface area contributed by atoms with Crippen LogP contribution in [0.25, 0.3) is 0 Å². The number of piperazine rings is 1. The van der Waals surface area contributed by atoms with E-state index in [1.165, 1.54) is 16.0 Å². The van der Waals surface area contributed by atoms with Crippen LogP contribution < -0.4 is 9.47 Å². The van der Waals surface area contributed by atoms with Crippen molar-refractivity contribution >= 4 is 23.2 Å². The van der Waals surface area contributed by atoms with Gasteiger partial charge in [0.15, 0.2) is 0 Å². The van der Waals surface area contributed by atoms with Crippen LogP contribution in [0.4, 0.5) is 0 Å². The van der Waals surface area contributed by atoms with E-state index in [2.05, 4.69) is 40.6 Å². The van der Waals surface area contributed by atoms with Gasteiger partial charge in [0.25, 0.3) is 5.91 Å². The lowest BCUT2D eigenvalue weighted by atomic mass is 9.93. The Morgan fingerprint density at radius 3 is 2.24 bits per heavy atom. The van der Waals surface area contributed by atoms with Crippen molar-refractivity contribution in [3.05, 3.63) is 81.5 Å². The highest BCUT2D eigenvalue weighted by atomic mass is 32.1. The second-order valence-corrected chi connectivity index (χ2v) is 10.4. The summed E-state index contributed by atoms with van der Waals surface area (Å²) < 4.78 is 10.6. The van der Waals surface area contributed by atoms with Crippen molar-refractivity contribution in [1.29, 1.82) is 0 Å². The lowest BCUT2D eigenvalue weighted by Gasteiger charge is -2.38. The third-order valence-corrected chi connectivity index (χ3v) is 8.31. The monoisotopic (exact) mass is 519 g/mol. The van der Waals surface area contributed by atoms with Gasteiger partial charge >= 0.3 is 0 Å². The predicted octanol–water partition coefficient (Wildman–Crippen LogP) is 4.09. The van der Waals surface area contributed by atoms with E-state index < -0.39 is 0 Å². The molecule has 0 aliphatic carbocycles. The Morgan fingerprint density at radius 1 is 0.892 bits per heavy atom. The summed E-state index contributed by atoms with van der Waals surface area (Å²) in [6.45, 7) is 3.78. The largest absolute Gasteiger partial charge is 0.497 e. The number of rotatable bonds is 7. The first-order valence-corrected chi connectivity index (χ1v) is 13.6. The number of amides is 2. The molecule has 0 radical (unpaired) electrons. The van der Waals surface area contributed by atoms with Crippen molar-refractivity contribution in [2.45, 2.75) is 18.9 Å². The van der Waals surface area contributed by atoms with Crippen LogP contribution in [-0.2, 0) is 11.2 Å². The highest BCUT2D eigenvalue weighted by molar-refractivity contribution is 7.10. The van der Waals surface area contributed by atoms with Crippen LogP contribution >= 0.6 is 11.3 Å². The normalized spacial score (nSPS) is 17.8. The molecule has 0 bridgehead atoms. The number of methoxy groups -OCH3 is 2. The first kappa shape index (κ1) is 25.3. The van der Waals surface area contributed by atoms with E-state index >= 15 is 0 Å². The van der Waals surface area contributed by atoms with Crippen molar-refractivity contribution in [3.8, 4) is 11.5 Å². The molecular formula is C29H33N3O4S. The molecule has 2 aliphatic rings. The molecule has 0 spiro atoms. The molecule has 8 heteroatoms. The van der Waals surface area contributed by atoms with Crippen molar-refractivity contribution in [3.63, 3.8) is 0 Å². The molecule has 5 rings (SSSR count). The van der Waals surface area contributed by atoms with Crippen molar-refractivity contribution < 1.29 is 19.1 Å². The van der Waals surface area contributed by atoms with E-state index in [4.69, 9.17) is 9.47 Å². The van der Waals surface area contributed by atoms with Gasteiger partial charge in [0.1, 0.15) is 11.5 Å². The van der Waals surface area contributed by atoms with Gasteiger partial charge in [0.2, 0.25) is 5.91 Å². The van der Waals surface area contributed by atoms with Crippen LogP contribution in [0.15, 0.2) is 60.0 Å². The summed E-state index contributed by atoms with van der Waals surface area (Å²) in [6, 6.07) is 18.2. The van der Waals surface area contributed by atoms with Gasteiger partial charge in [-0.15, -0.1) is 11.3 Å². The van der Waals surface area contributed by atoms with E-state index in [1.54, 1.807) is 37.3 Å². The number of fused-ring (bicyclic) bond motifs is 1. The average molecular weight is 520 g/mol. The number of hydrogen-bond donors (Lipinski definition) is 0. The summed E-state index contributed by atoms with van der Waals surface area (Å²) in [5.74, 6) is 1.24. The molecule has 194 valence electrons. The molecule has 2 amide bonds. The summed E-state index contributed by atoms with van der Waals surface area (Å²) in [4.78, 5) is 33.8. The fraction of sp³-hybridized carbons (Fsp3) is 0.379. The molecule has 7 nitrogen and oxygen atoms in total. The number of carbonyl (C=O) groups excluding carboxylic acids is 2. The zero-order valence-corrected chi connectivity index (χ0v) is 22.2. The van der Waals surface area contributed by atoms with E-state index in [9.17, 15) is 9.59 Å². The second-order valence-electron chi connectivity index (χ2n) is 9.42. The Bertz CT molecular complexity index is 1210. The molecule has 0 N–H and O–H groups in total. The quantitative estimate of drug-likeness (QED) is 0.471. The van der Waals surface area contributed by atoms with E-state index in [1.807, 2.05) is 22.3 Å². The molecule has 1 fully saturated rings. The molecular weight excluding hydrogens is 486 g/mol. The third kappa shape index (κ3) is 5.50. The van der Waals surface area contributed by atoms with Gasteiger partial charge in [0, 0.05) is 62.2 Å². The molecule has 3 heterocycles. The average Bonchev–Trinajstić information content (AvgIpc) is 3.44. The van der Waals surface area contributed by atoms with Gasteiger partial charge in [-0.1, -0.05) is 30.3 Å². The lowest BCUT2D eigenvalue weighted by Crippen LogP contribution is -2.51. The van der Waals surface area contributed by atoms with Crippen LogP contribution in [0.2, 0.25) is 0 Å². The Balaban J connectivity index is 1.18. The summed E-state index contributed by atoms with van der Waals surface area (Å²) in [7, 11) is 3.14. The first-order valence-electron chi connectivity index (χ1n) is 12.7. The van der Waals surface area contributed by atoms with Crippen LogP contribution in [0.1, 0.15) is 38.8 Å². The maximum absolute atomic E-state index is 13.2. The second kappa shape index (κ2) is 11.4. The SMILES string of the molecule is COc1cc(OC)cc(C(=O)N2CCN(C(=O)CCN3CCc4sccc4C3c3ccccc3)CC2)c1. The molecule has 1 atom stereocenters. The summed E-state index contributed by atoms with van der Waals surface area (Å²) >= 11 is 1.83. The Morgan fingerprint density at radius 2 is 1.57 bits per heavy atom. The van der Waals surface area contributed by atoms with Gasteiger partial charge in [0.05, 0.1) is 20.3 Å². The lowest BCUT2D eigenvalue weighted by molar-refractivity contribution is -0.133. The number of hydrogen-bond acceptors (Lipinski definition) is 6. The Hall–Kier alpha value is -3.36. The number of thiophene rings is 1. The van der Waals surface area contributed by atoms with Crippen LogP contribution in [-0.4, -0.2) is 80.0 Å². The smallest absolute Gasteiger partial charge is 0.254 e. The van der Waals surface area contributed by atoms with Crippen molar-refractivity contribution in [2.75, 3.05) is 53.5 Å². The van der Waals surface area contributed by atoms with Crippen LogP contribution in [0, 0.1) is 0 Å². The van der Waals surface area contributed by atoms with Crippen molar-refractivity contribution in [1.82, 2.24) is 14.7 Å². The molecule has 2 aromatic carbocycles. The van der Waals surface area contributed by atoms with Crippen LogP contribution in [0.3, 0.4) is 0 Å². The minimum atomic E-state index is -0.0742. The van der Waals surface area contributed by atoms with Crippen molar-refractivity contribution in [2.24, 2.45) is 0 Å². The molecule has 3 aromatic rings. The topological polar surface area (TPSA) is 62.3 Å². The van der Waals surface area contributed by atoms with Crippen LogP contribution in [0.5, 0.6) is 11.5 Å². The minimum Gasteiger partial charge on any atom is -0.497 e. The molecule has 0 saturated carbocycles. The van der Waals surface area contributed by atoms with Gasteiger partial charge in [-0.05, 0) is 41.1 Å². The third-order valence-electron chi connectivity index (χ3n) is 7.31. The number of carbonyl (C=O) groups is 2. The minimum absolute atomic E-state index is 0.0742. The number of benzene rings is 2. The summed E-state index contributed by atoms with van der Waals surface area (Å²) in [5.41, 5.74) is 3.17. The first-order chi connectivity index (χ1) is 18.1. The molecule has 1 unspecified atom stereocenters. The van der Waals surface area contributed by atoms with E-state index in [0.29, 0.717) is 49.7 Å². The standard InChI is InChI=1S/C29H33N3O4S/c1-35-23-18-22(19-24(20-23)36-2)29(34)32-15-13-30(14-16-32)27(33)9-12-31-11-8-26-25(10-17-37-26)28(31)21-6-4-3-5-7-21/h3-7,10,17-20,28H,8-9,11-16H2,1-2H3. The van der Waals surface area contributed by atoms with E-state index in [-0.39, 0.29) is 17.9 Å². The molecule has 1 aromatic heterocycles. The predicted molar refractivity (Wildman–Crippen MR) is 145 cm³/mol. The molecule has 1 saturated heterocycles. The fourth-order valence-corrected chi connectivity index (χ4v) is 6.21. The maximum Gasteiger partial charge on any atom is 0.254 e. The Labute approximate surface area is 222 Å². The molecule has 37 heavy (non-hydrogen) atoms. The summed E-state index contributed by atoms with van der Waals surface area (Å²) in [5, 5.41) is 2.18. The highest BCUT2D eigenvalue weighted by Gasteiger charge is 2.31. The zero-order valence-electron chi connectivity index (χ0n) is 21.4. The van der Waals surface area contributed by atoms with Gasteiger partial charge in [-0.25, -0.2) is 0 Å². The van der Waals surface area contributed by atoms with Gasteiger partial charge in [-0.2, -0.15) is 0 Å². The number of nitrogens with zero attached hydrogens (tertiary/aromatic N) is 3.